The van der Waals surface area contributed by atoms with Crippen LogP contribution in [0.25, 0.3) is 54.4 Å². The molecule has 18 nitrogen and oxygen atoms in total. The number of aromatic nitrogens is 4. The molecule has 0 saturated carbocycles. The smallest absolute Gasteiger partial charge is 0.410 e. The number of halogens is 5. The average Bonchev–Trinajstić information content (AvgIpc) is 1.61. The number of benzene rings is 3. The molecule has 4 aromatic heterocycles. The molecule has 0 spiro atoms. The summed E-state index contributed by atoms with van der Waals surface area (Å²) >= 11 is 7.86. The molecular weight excluding hydrogens is 1130 g/mol. The highest BCUT2D eigenvalue weighted by Gasteiger charge is 2.50. The van der Waals surface area contributed by atoms with E-state index in [1.807, 2.05) is 17.9 Å². The first kappa shape index (κ1) is 55.3. The number of esters is 1. The number of aliphatic hydroxyl groups is 1. The number of fused-ring (bicyclic) bond motifs is 8. The number of pyridine rings is 2. The Labute approximate surface area is 486 Å². The third kappa shape index (κ3) is 8.32. The van der Waals surface area contributed by atoms with E-state index in [4.69, 9.17) is 41.5 Å². The molecule has 9 heterocycles. The number of cyclic esters (lactones) is 1. The molecule has 7 aromatic rings. The molecule has 0 radical (unpaired) electrons. The first-order valence-electron chi connectivity index (χ1n) is 27.7. The lowest BCUT2D eigenvalue weighted by molar-refractivity contribution is -0.172. The van der Waals surface area contributed by atoms with Crippen molar-refractivity contribution in [2.24, 2.45) is 0 Å². The van der Waals surface area contributed by atoms with Crippen LogP contribution in [0.3, 0.4) is 0 Å². The Morgan fingerprint density at radius 1 is 1.07 bits per heavy atom. The number of hydrogen-bond donors (Lipinski definition) is 2. The Morgan fingerprint density at radius 2 is 1.87 bits per heavy atom. The topological polar surface area (TPSA) is 223 Å². The molecular formula is C60H55ClF4N10O8S. The first-order chi connectivity index (χ1) is 40.2. The maximum Gasteiger partial charge on any atom is 0.410 e. The molecule has 3 fully saturated rings. The molecule has 1 aliphatic carbocycles. The number of hydrogen-bond acceptors (Lipinski definition) is 16. The van der Waals surface area contributed by atoms with Gasteiger partial charge in [-0.2, -0.15) is 15.2 Å². The van der Waals surface area contributed by atoms with E-state index in [2.05, 4.69) is 16.5 Å². The van der Waals surface area contributed by atoms with Gasteiger partial charge >= 0.3 is 18.1 Å². The van der Waals surface area contributed by atoms with E-state index in [1.54, 1.807) is 31.9 Å². The molecule has 5 unspecified atom stereocenters. The van der Waals surface area contributed by atoms with Crippen molar-refractivity contribution in [3.05, 3.63) is 114 Å². The highest BCUT2D eigenvalue weighted by atomic mass is 35.5. The number of anilines is 2. The summed E-state index contributed by atoms with van der Waals surface area (Å²) < 4.78 is 82.3. The number of alkyl halides is 1. The number of carbonyl (C=O) groups is 3. The number of carbonyl (C=O) groups excluding carboxylic acids is 3. The van der Waals surface area contributed by atoms with E-state index >= 15 is 13.2 Å². The van der Waals surface area contributed by atoms with E-state index in [9.17, 15) is 33.9 Å². The number of piperazine rings is 1. The van der Waals surface area contributed by atoms with E-state index in [0.29, 0.717) is 64.8 Å². The Hall–Kier alpha value is -7.91. The van der Waals surface area contributed by atoms with Gasteiger partial charge in [0.25, 0.3) is 11.5 Å². The minimum atomic E-state index is -2.07. The quantitative estimate of drug-likeness (QED) is 0.0741. The normalized spacial score (nSPS) is 22.4. The van der Waals surface area contributed by atoms with Crippen molar-refractivity contribution in [1.82, 2.24) is 34.2 Å². The largest absolute Gasteiger partial charge is 0.461 e. The molecule has 84 heavy (non-hydrogen) atoms. The van der Waals surface area contributed by atoms with Crippen LogP contribution in [0.4, 0.5) is 33.2 Å². The average molecular weight is 1190 g/mol. The first-order valence-corrected chi connectivity index (χ1v) is 28.9. The van der Waals surface area contributed by atoms with Gasteiger partial charge in [-0.05, 0) is 92.9 Å². The molecule has 2 amide bonds. The number of nitrogen functional groups attached to an aromatic ring is 1. The maximum absolute atomic E-state index is 17.5. The van der Waals surface area contributed by atoms with E-state index in [0.717, 1.165) is 29.4 Å². The lowest BCUT2D eigenvalue weighted by atomic mass is 9.81. The third-order valence-electron chi connectivity index (χ3n) is 18.2. The predicted octanol–water partition coefficient (Wildman–Crippen LogP) is 9.04. The molecule has 3 aromatic carbocycles. The molecule has 24 heteroatoms. The minimum absolute atomic E-state index is 0.0212. The van der Waals surface area contributed by atoms with Crippen LogP contribution in [0.5, 0.6) is 6.01 Å². The van der Waals surface area contributed by atoms with Gasteiger partial charge in [-0.15, -0.1) is 11.3 Å². The number of nitrogens with zero attached hydrogens (tertiary/aromatic N) is 9. The summed E-state index contributed by atoms with van der Waals surface area (Å²) in [6.45, 7) is 9.80. The number of ether oxygens (including phenoxy) is 3. The van der Waals surface area contributed by atoms with Crippen LogP contribution >= 0.6 is 22.9 Å². The van der Waals surface area contributed by atoms with Crippen molar-refractivity contribution >= 4 is 83.6 Å². The van der Waals surface area contributed by atoms with Crippen molar-refractivity contribution in [1.29, 1.82) is 5.26 Å². The van der Waals surface area contributed by atoms with Crippen LogP contribution in [-0.2, 0) is 44.2 Å². The minimum Gasteiger partial charge on any atom is -0.461 e. The molecule has 0 bridgehead atoms. The van der Waals surface area contributed by atoms with Gasteiger partial charge < -0.3 is 44.3 Å². The third-order valence-corrected chi connectivity index (χ3v) is 19.6. The van der Waals surface area contributed by atoms with Crippen molar-refractivity contribution in [3.8, 4) is 34.6 Å². The second kappa shape index (κ2) is 20.1. The molecule has 13 rings (SSSR count). The van der Waals surface area contributed by atoms with Crippen molar-refractivity contribution < 1.29 is 51.3 Å². The number of rotatable bonds is 10. The van der Waals surface area contributed by atoms with Gasteiger partial charge in [0.1, 0.15) is 60.0 Å². The van der Waals surface area contributed by atoms with Gasteiger partial charge in [0, 0.05) is 90.2 Å². The second-order valence-electron chi connectivity index (χ2n) is 22.8. The Balaban J connectivity index is 0.758. The zero-order chi connectivity index (χ0) is 59.2. The van der Waals surface area contributed by atoms with Crippen LogP contribution < -0.4 is 20.9 Å². The SMILES string of the molecule is C=C(COC(=O)N(C)C1CCc2c(C)c(F)cc3nc4c(c1c23)Cn1c-4cc2c(c1=O)COC(=O)C2(O)CC)C(=O)N1CCN(c2nc(OCC34CCCN3CC(F)C4)nc3c(F)c(-c4ccc(F)c5sc(N)c(C#N)c45)c(Cl)cc23)C(C)C1. The van der Waals surface area contributed by atoms with Crippen LogP contribution in [0.2, 0.25) is 5.02 Å². The van der Waals surface area contributed by atoms with Gasteiger partial charge in [-0.25, -0.2) is 32.1 Å². The number of aryl methyl sites for hydroxylation is 1. The number of amides is 2. The fourth-order valence-corrected chi connectivity index (χ4v) is 15.1. The lowest BCUT2D eigenvalue weighted by Gasteiger charge is -2.41. The Bertz CT molecular complexity index is 4210. The van der Waals surface area contributed by atoms with Gasteiger partial charge in [0.15, 0.2) is 11.4 Å². The molecule has 5 atom stereocenters. The van der Waals surface area contributed by atoms with Crippen molar-refractivity contribution in [3.63, 3.8) is 0 Å². The highest BCUT2D eigenvalue weighted by molar-refractivity contribution is 7.23. The van der Waals surface area contributed by atoms with Gasteiger partial charge in [-0.1, -0.05) is 31.2 Å². The predicted molar refractivity (Wildman–Crippen MR) is 305 cm³/mol. The van der Waals surface area contributed by atoms with Gasteiger partial charge in [0.2, 0.25) is 0 Å². The van der Waals surface area contributed by atoms with E-state index in [-0.39, 0.29) is 135 Å². The molecule has 3 N–H and O–H groups in total. The Morgan fingerprint density at radius 3 is 2.63 bits per heavy atom. The standard InChI is InChI=1S/C60H55ClF4N10O8S/c1-6-60(80)37-17-43-49-35(23-75(43)55(77)36(37)25-81-56(60)78)47-42(11-9-31-29(4)40(64)18-41(68-49)46(31)47)71(5)58(79)82-24-27(2)54(76)72-14-15-74(28(3)21-72)53-33-16-38(61)45(32-8-10-39(63)51-44(32)34(20-66)52(67)84-51)48(65)50(33)69-57(70-53)83-26-59-12-7-13-73(59)22-30(62)19-59/h8,10,16-18,28,30,42,80H,2,6-7,9,11-15,19,21-26,67H2,1,3-5H3. The van der Waals surface area contributed by atoms with Gasteiger partial charge in [-0.3, -0.25) is 14.5 Å². The molecule has 3 saturated heterocycles. The zero-order valence-electron chi connectivity index (χ0n) is 46.1. The van der Waals surface area contributed by atoms with Crippen LogP contribution in [-0.4, -0.2) is 128 Å². The summed E-state index contributed by atoms with van der Waals surface area (Å²) in [5.74, 6) is -3.13. The molecule has 5 aliphatic heterocycles. The summed E-state index contributed by atoms with van der Waals surface area (Å²) in [4.78, 5) is 76.8. The summed E-state index contributed by atoms with van der Waals surface area (Å²) in [7, 11) is 1.56. The van der Waals surface area contributed by atoms with Crippen LogP contribution in [0.1, 0.15) is 90.9 Å². The van der Waals surface area contributed by atoms with Crippen molar-refractivity contribution in [2.75, 3.05) is 63.6 Å². The van der Waals surface area contributed by atoms with E-state index in [1.165, 1.54) is 27.7 Å². The fourth-order valence-electron chi connectivity index (χ4n) is 13.9. The monoisotopic (exact) mass is 1190 g/mol. The lowest BCUT2D eigenvalue weighted by Crippen LogP contribution is -2.54. The molecule has 434 valence electrons. The zero-order valence-corrected chi connectivity index (χ0v) is 47.7. The number of thiophene rings is 1. The van der Waals surface area contributed by atoms with Crippen molar-refractivity contribution in [2.45, 2.75) is 102 Å². The number of nitrogens with two attached hydrogens (primary N) is 1. The van der Waals surface area contributed by atoms with Crippen LogP contribution in [0.15, 0.2) is 47.3 Å². The summed E-state index contributed by atoms with van der Waals surface area (Å²) in [6, 6.07) is 7.58. The van der Waals surface area contributed by atoms with E-state index < -0.39 is 77.0 Å². The highest BCUT2D eigenvalue weighted by Crippen LogP contribution is 2.50. The Kier molecular flexibility index (Phi) is 13.3. The van der Waals surface area contributed by atoms with Crippen LogP contribution in [0, 0.1) is 35.7 Å². The summed E-state index contributed by atoms with van der Waals surface area (Å²) in [6.07, 6.45) is 0.639. The molecule has 6 aliphatic rings. The summed E-state index contributed by atoms with van der Waals surface area (Å²) in [5, 5.41) is 22.5. The van der Waals surface area contributed by atoms with Gasteiger partial charge in [0.05, 0.1) is 55.9 Å². The second-order valence-corrected chi connectivity index (χ2v) is 24.3. The summed E-state index contributed by atoms with van der Waals surface area (Å²) in [5.41, 5.74) is 6.40. The number of nitriles is 1. The maximum atomic E-state index is 17.5. The fraction of sp³-hybridized carbons (Fsp3) is 0.400.